The van der Waals surface area contributed by atoms with E-state index >= 15 is 0 Å². The fourth-order valence-electron chi connectivity index (χ4n) is 8.34. The van der Waals surface area contributed by atoms with Crippen molar-refractivity contribution in [2.45, 2.75) is 0 Å². The highest BCUT2D eigenvalue weighted by Crippen LogP contribution is 2.45. The van der Waals surface area contributed by atoms with Crippen molar-refractivity contribution in [2.24, 2.45) is 0 Å². The molecule has 0 spiro atoms. The van der Waals surface area contributed by atoms with Crippen LogP contribution in [0, 0.1) is 22.7 Å². The molecule has 10 rings (SSSR count). The van der Waals surface area contributed by atoms with E-state index in [1.54, 1.807) is 0 Å². The first-order valence-electron chi connectivity index (χ1n) is 18.0. The van der Waals surface area contributed by atoms with Gasteiger partial charge < -0.3 is 9.13 Å². The van der Waals surface area contributed by atoms with Gasteiger partial charge >= 0.3 is 0 Å². The lowest BCUT2D eigenvalue weighted by molar-refractivity contribution is 1.17. The second kappa shape index (κ2) is 12.5. The Hall–Kier alpha value is -7.66. The van der Waals surface area contributed by atoms with Crippen LogP contribution < -0.4 is 0 Å². The van der Waals surface area contributed by atoms with E-state index in [1.165, 1.54) is 10.8 Å². The molecule has 4 heteroatoms. The first-order chi connectivity index (χ1) is 26.7. The molecule has 0 fully saturated rings. The Morgan fingerprint density at radius 3 is 1.31 bits per heavy atom. The molecule has 10 aromatic rings. The molecule has 0 atom stereocenters. The van der Waals surface area contributed by atoms with Crippen molar-refractivity contribution in [1.29, 1.82) is 10.5 Å². The van der Waals surface area contributed by atoms with E-state index in [9.17, 15) is 10.5 Å². The normalized spacial score (nSPS) is 11.3. The highest BCUT2D eigenvalue weighted by molar-refractivity contribution is 6.17. The summed E-state index contributed by atoms with van der Waals surface area (Å²) in [6.07, 6.45) is 0. The number of fused-ring (bicyclic) bond motifs is 6. The third kappa shape index (κ3) is 4.68. The van der Waals surface area contributed by atoms with Crippen LogP contribution in [0.3, 0.4) is 0 Å². The molecule has 0 aliphatic rings. The van der Waals surface area contributed by atoms with E-state index in [2.05, 4.69) is 155 Å². The molecule has 0 saturated carbocycles. The first kappa shape index (κ1) is 31.1. The molecule has 2 aromatic heterocycles. The largest absolute Gasteiger partial charge is 0.309 e. The smallest absolute Gasteiger partial charge is 0.101 e. The maximum Gasteiger partial charge on any atom is 0.101 e. The van der Waals surface area contributed by atoms with Gasteiger partial charge in [0, 0.05) is 38.4 Å². The predicted molar refractivity (Wildman–Crippen MR) is 221 cm³/mol. The van der Waals surface area contributed by atoms with Gasteiger partial charge in [0.05, 0.1) is 45.0 Å². The summed E-state index contributed by atoms with van der Waals surface area (Å²) in [6.45, 7) is 0. The second-order valence-corrected chi connectivity index (χ2v) is 13.5. The molecule has 2 heterocycles. The van der Waals surface area contributed by atoms with Crippen LogP contribution in [0.25, 0.3) is 88.4 Å². The lowest BCUT2D eigenvalue weighted by atomic mass is 9.88. The molecule has 0 unspecified atom stereocenters. The molecule has 54 heavy (non-hydrogen) atoms. The van der Waals surface area contributed by atoms with Crippen molar-refractivity contribution < 1.29 is 0 Å². The van der Waals surface area contributed by atoms with E-state index in [4.69, 9.17) is 0 Å². The lowest BCUT2D eigenvalue weighted by Gasteiger charge is -2.18. The minimum Gasteiger partial charge on any atom is -0.309 e. The van der Waals surface area contributed by atoms with Crippen molar-refractivity contribution in [3.05, 3.63) is 193 Å². The van der Waals surface area contributed by atoms with Crippen LogP contribution >= 0.6 is 0 Å². The number of nitrogens with zero attached hydrogens (tertiary/aromatic N) is 4. The Labute approximate surface area is 312 Å². The van der Waals surface area contributed by atoms with Crippen LogP contribution in [0.15, 0.2) is 182 Å². The van der Waals surface area contributed by atoms with Gasteiger partial charge in [-0.2, -0.15) is 10.5 Å². The van der Waals surface area contributed by atoms with Crippen molar-refractivity contribution in [3.63, 3.8) is 0 Å². The number of rotatable bonds is 5. The van der Waals surface area contributed by atoms with Crippen LogP contribution in [-0.2, 0) is 0 Å². The topological polar surface area (TPSA) is 57.4 Å². The molecule has 0 bridgehead atoms. The molecule has 0 saturated heterocycles. The molecule has 0 amide bonds. The van der Waals surface area contributed by atoms with Crippen molar-refractivity contribution >= 4 is 43.6 Å². The van der Waals surface area contributed by atoms with Gasteiger partial charge in [-0.1, -0.05) is 133 Å². The summed E-state index contributed by atoms with van der Waals surface area (Å²) in [4.78, 5) is 0. The molecule has 0 radical (unpaired) electrons. The van der Waals surface area contributed by atoms with Gasteiger partial charge in [-0.05, 0) is 70.8 Å². The van der Waals surface area contributed by atoms with E-state index < -0.39 is 0 Å². The standard InChI is InChI=1S/C50H30N4/c51-31-33-27-29-35(30-28-33)53-47-25-9-6-18-40(47)44-22-11-20-42(49(44)53)38-16-4-2-14-36(38)37-15-3-5-17-39(37)43-21-12-23-45-41-19-7-10-26-48(41)54(50(43)45)46-24-8-1-13-34(46)32-52/h1-30H. The van der Waals surface area contributed by atoms with Crippen molar-refractivity contribution in [2.75, 3.05) is 0 Å². The first-order valence-corrected chi connectivity index (χ1v) is 18.0. The van der Waals surface area contributed by atoms with E-state index in [0.717, 1.165) is 77.6 Å². The van der Waals surface area contributed by atoms with E-state index in [0.29, 0.717) is 11.1 Å². The summed E-state index contributed by atoms with van der Waals surface area (Å²) < 4.78 is 4.59. The van der Waals surface area contributed by atoms with Gasteiger partial charge in [-0.15, -0.1) is 0 Å². The van der Waals surface area contributed by atoms with Gasteiger partial charge in [-0.25, -0.2) is 0 Å². The average molecular weight is 687 g/mol. The zero-order valence-electron chi connectivity index (χ0n) is 29.1. The Morgan fingerprint density at radius 1 is 0.333 bits per heavy atom. The monoisotopic (exact) mass is 686 g/mol. The molecule has 0 N–H and O–H groups in total. The zero-order chi connectivity index (χ0) is 36.2. The van der Waals surface area contributed by atoms with Crippen LogP contribution in [-0.4, -0.2) is 9.13 Å². The lowest BCUT2D eigenvalue weighted by Crippen LogP contribution is -1.99. The number of nitriles is 2. The van der Waals surface area contributed by atoms with Gasteiger partial charge in [0.15, 0.2) is 0 Å². The van der Waals surface area contributed by atoms with Crippen LogP contribution in [0.2, 0.25) is 0 Å². The SMILES string of the molecule is N#Cc1ccc(-n2c3ccccc3c3cccc(-c4ccccc4-c4ccccc4-c4cccc5c6ccccc6n(-c6ccccc6C#N)c45)c32)cc1. The van der Waals surface area contributed by atoms with Crippen molar-refractivity contribution in [3.8, 4) is 56.9 Å². The summed E-state index contributed by atoms with van der Waals surface area (Å²) >= 11 is 0. The molecule has 0 aliphatic heterocycles. The molecule has 8 aromatic carbocycles. The third-order valence-electron chi connectivity index (χ3n) is 10.6. The number of hydrogen-bond donors (Lipinski definition) is 0. The average Bonchev–Trinajstić information content (AvgIpc) is 3.77. The van der Waals surface area contributed by atoms with Crippen LogP contribution in [0.1, 0.15) is 11.1 Å². The van der Waals surface area contributed by atoms with Gasteiger partial charge in [0.2, 0.25) is 0 Å². The fourth-order valence-corrected chi connectivity index (χ4v) is 8.34. The zero-order valence-corrected chi connectivity index (χ0v) is 29.1. The van der Waals surface area contributed by atoms with Crippen LogP contribution in [0.5, 0.6) is 0 Å². The molecular formula is C50H30N4. The summed E-state index contributed by atoms with van der Waals surface area (Å²) in [5.74, 6) is 0. The number of benzene rings is 8. The summed E-state index contributed by atoms with van der Waals surface area (Å²) in [5, 5.41) is 24.4. The maximum absolute atomic E-state index is 10.2. The summed E-state index contributed by atoms with van der Waals surface area (Å²) in [6, 6.07) is 67.9. The Bertz CT molecular complexity index is 3180. The predicted octanol–water partition coefficient (Wildman–Crippen LogP) is 12.6. The minimum absolute atomic E-state index is 0.624. The summed E-state index contributed by atoms with van der Waals surface area (Å²) in [5.41, 5.74) is 14.1. The quantitative estimate of drug-likeness (QED) is 0.181. The number of aromatic nitrogens is 2. The van der Waals surface area contributed by atoms with Gasteiger partial charge in [-0.3, -0.25) is 0 Å². The molecule has 4 nitrogen and oxygen atoms in total. The van der Waals surface area contributed by atoms with E-state index in [1.807, 2.05) is 48.5 Å². The molecular weight excluding hydrogens is 657 g/mol. The maximum atomic E-state index is 10.2. The fraction of sp³-hybridized carbons (Fsp3) is 0. The number of para-hydroxylation sites is 5. The number of hydrogen-bond acceptors (Lipinski definition) is 2. The Balaban J connectivity index is 1.26. The highest BCUT2D eigenvalue weighted by atomic mass is 15.0. The Kier molecular flexibility index (Phi) is 7.22. The van der Waals surface area contributed by atoms with Crippen LogP contribution in [0.4, 0.5) is 0 Å². The minimum atomic E-state index is 0.624. The Morgan fingerprint density at radius 2 is 0.759 bits per heavy atom. The summed E-state index contributed by atoms with van der Waals surface area (Å²) in [7, 11) is 0. The van der Waals surface area contributed by atoms with Gasteiger partial charge in [0.1, 0.15) is 6.07 Å². The van der Waals surface area contributed by atoms with Gasteiger partial charge in [0.25, 0.3) is 0 Å². The van der Waals surface area contributed by atoms with Crippen molar-refractivity contribution in [1.82, 2.24) is 9.13 Å². The highest BCUT2D eigenvalue weighted by Gasteiger charge is 2.22. The second-order valence-electron chi connectivity index (χ2n) is 13.5. The molecule has 250 valence electrons. The third-order valence-corrected chi connectivity index (χ3v) is 10.6. The molecule has 0 aliphatic carbocycles. The van der Waals surface area contributed by atoms with E-state index in [-0.39, 0.29) is 0 Å².